The van der Waals surface area contributed by atoms with Gasteiger partial charge >= 0.3 is 6.18 Å². The van der Waals surface area contributed by atoms with Gasteiger partial charge < -0.3 is 9.30 Å². The van der Waals surface area contributed by atoms with Crippen LogP contribution in [0.1, 0.15) is 5.56 Å². The molecule has 0 radical (unpaired) electrons. The van der Waals surface area contributed by atoms with Crippen molar-refractivity contribution in [1.29, 1.82) is 0 Å². The molecule has 0 bridgehead atoms. The van der Waals surface area contributed by atoms with Gasteiger partial charge in [0.25, 0.3) is 0 Å². The SMILES string of the molecule is COc1ncc(-c2cn(CC(F)(F)F)cn2)cc1C. The first-order valence-electron chi connectivity index (χ1n) is 5.48. The van der Waals surface area contributed by atoms with Gasteiger partial charge in [0.15, 0.2) is 0 Å². The number of methoxy groups -OCH3 is 1. The monoisotopic (exact) mass is 271 g/mol. The second-order valence-corrected chi connectivity index (χ2v) is 4.10. The van der Waals surface area contributed by atoms with Crippen molar-refractivity contribution in [2.24, 2.45) is 0 Å². The summed E-state index contributed by atoms with van der Waals surface area (Å²) in [7, 11) is 1.51. The number of ether oxygens (including phenoxy) is 1. The second kappa shape index (κ2) is 4.91. The summed E-state index contributed by atoms with van der Waals surface area (Å²) in [5, 5.41) is 0. The highest BCUT2D eigenvalue weighted by atomic mass is 19.4. The molecule has 0 saturated carbocycles. The molecule has 2 aromatic heterocycles. The quantitative estimate of drug-likeness (QED) is 0.861. The number of rotatable bonds is 3. The van der Waals surface area contributed by atoms with Crippen molar-refractivity contribution in [2.75, 3.05) is 7.11 Å². The molecule has 4 nitrogen and oxygen atoms in total. The van der Waals surface area contributed by atoms with Crippen molar-refractivity contribution in [3.05, 3.63) is 30.4 Å². The molecule has 2 rings (SSSR count). The fourth-order valence-corrected chi connectivity index (χ4v) is 1.72. The molecule has 0 aliphatic rings. The largest absolute Gasteiger partial charge is 0.481 e. The molecule has 0 aromatic carbocycles. The summed E-state index contributed by atoms with van der Waals surface area (Å²) < 4.78 is 42.7. The minimum absolute atomic E-state index is 0.447. The number of hydrogen-bond acceptors (Lipinski definition) is 3. The molecule has 2 heterocycles. The Hall–Kier alpha value is -2.05. The maximum absolute atomic E-state index is 12.2. The topological polar surface area (TPSA) is 39.9 Å². The number of pyridine rings is 1. The van der Waals surface area contributed by atoms with Crippen molar-refractivity contribution in [2.45, 2.75) is 19.6 Å². The van der Waals surface area contributed by atoms with Crippen LogP contribution >= 0.6 is 0 Å². The van der Waals surface area contributed by atoms with Crippen LogP contribution in [0, 0.1) is 6.92 Å². The maximum atomic E-state index is 12.2. The van der Waals surface area contributed by atoms with Gasteiger partial charge in [-0.3, -0.25) is 0 Å². The summed E-state index contributed by atoms with van der Waals surface area (Å²) in [5.74, 6) is 0.485. The van der Waals surface area contributed by atoms with Gasteiger partial charge in [-0.15, -0.1) is 0 Å². The van der Waals surface area contributed by atoms with Crippen LogP contribution in [-0.4, -0.2) is 27.8 Å². The molecular weight excluding hydrogens is 259 g/mol. The van der Waals surface area contributed by atoms with Crippen LogP contribution in [0.3, 0.4) is 0 Å². The van der Waals surface area contributed by atoms with Crippen LogP contribution in [0.25, 0.3) is 11.3 Å². The summed E-state index contributed by atoms with van der Waals surface area (Å²) in [4.78, 5) is 8.01. The third-order valence-corrected chi connectivity index (χ3v) is 2.51. The van der Waals surface area contributed by atoms with Crippen LogP contribution in [0.4, 0.5) is 13.2 Å². The average molecular weight is 271 g/mol. The Bertz CT molecular complexity index is 578. The van der Waals surface area contributed by atoms with E-state index in [2.05, 4.69) is 9.97 Å². The molecule has 102 valence electrons. The highest BCUT2D eigenvalue weighted by molar-refractivity contribution is 5.58. The zero-order valence-corrected chi connectivity index (χ0v) is 10.4. The molecule has 2 aromatic rings. The van der Waals surface area contributed by atoms with E-state index in [0.29, 0.717) is 17.1 Å². The molecule has 0 atom stereocenters. The van der Waals surface area contributed by atoms with E-state index in [1.54, 1.807) is 6.07 Å². The second-order valence-electron chi connectivity index (χ2n) is 4.10. The standard InChI is InChI=1S/C12H12F3N3O/c1-8-3-9(4-16-11(8)19-2)10-5-18(7-17-10)6-12(13,14)15/h3-5,7H,6H2,1-2H3. The molecular formula is C12H12F3N3O. The van der Waals surface area contributed by atoms with Gasteiger partial charge in [-0.05, 0) is 13.0 Å². The van der Waals surface area contributed by atoms with Crippen molar-refractivity contribution in [3.8, 4) is 17.1 Å². The van der Waals surface area contributed by atoms with Crippen LogP contribution in [0.5, 0.6) is 5.88 Å². The molecule has 19 heavy (non-hydrogen) atoms. The molecule has 0 aliphatic carbocycles. The highest BCUT2D eigenvalue weighted by Gasteiger charge is 2.27. The first kappa shape index (κ1) is 13.4. The third-order valence-electron chi connectivity index (χ3n) is 2.51. The van der Waals surface area contributed by atoms with E-state index in [1.165, 1.54) is 19.5 Å². The maximum Gasteiger partial charge on any atom is 0.406 e. The summed E-state index contributed by atoms with van der Waals surface area (Å²) in [6, 6.07) is 1.77. The van der Waals surface area contributed by atoms with E-state index in [1.807, 2.05) is 6.92 Å². The highest BCUT2D eigenvalue weighted by Crippen LogP contribution is 2.23. The minimum atomic E-state index is -4.26. The Morgan fingerprint density at radius 3 is 2.63 bits per heavy atom. The van der Waals surface area contributed by atoms with Crippen molar-refractivity contribution in [3.63, 3.8) is 0 Å². The number of aromatic nitrogens is 3. The fourth-order valence-electron chi connectivity index (χ4n) is 1.72. The van der Waals surface area contributed by atoms with Crippen molar-refractivity contribution >= 4 is 0 Å². The summed E-state index contributed by atoms with van der Waals surface area (Å²) in [6.07, 6.45) is -0.239. The van der Waals surface area contributed by atoms with Crippen LogP contribution in [-0.2, 0) is 6.54 Å². The number of halogens is 3. The molecule has 0 fully saturated rings. The van der Waals surface area contributed by atoms with Gasteiger partial charge in [-0.2, -0.15) is 13.2 Å². The number of alkyl halides is 3. The van der Waals surface area contributed by atoms with Gasteiger partial charge in [-0.25, -0.2) is 9.97 Å². The smallest absolute Gasteiger partial charge is 0.406 e. The van der Waals surface area contributed by atoms with Gasteiger partial charge in [0.1, 0.15) is 6.54 Å². The minimum Gasteiger partial charge on any atom is -0.481 e. The Kier molecular flexibility index (Phi) is 3.46. The Labute approximate surface area is 107 Å². The lowest BCUT2D eigenvalue weighted by molar-refractivity contribution is -0.140. The van der Waals surface area contributed by atoms with E-state index in [4.69, 9.17) is 4.74 Å². The van der Waals surface area contributed by atoms with E-state index in [9.17, 15) is 13.2 Å². The molecule has 0 unspecified atom stereocenters. The zero-order valence-electron chi connectivity index (χ0n) is 10.4. The Balaban J connectivity index is 2.25. The normalized spacial score (nSPS) is 11.6. The lowest BCUT2D eigenvalue weighted by atomic mass is 10.2. The van der Waals surface area contributed by atoms with Crippen LogP contribution in [0.15, 0.2) is 24.8 Å². The lowest BCUT2D eigenvalue weighted by Crippen LogP contribution is -2.16. The van der Waals surface area contributed by atoms with E-state index in [-0.39, 0.29) is 0 Å². The first-order chi connectivity index (χ1) is 8.89. The van der Waals surface area contributed by atoms with E-state index < -0.39 is 12.7 Å². The molecule has 0 amide bonds. The number of nitrogens with zero attached hydrogens (tertiary/aromatic N) is 3. The molecule has 0 saturated heterocycles. The van der Waals surface area contributed by atoms with Crippen molar-refractivity contribution in [1.82, 2.24) is 14.5 Å². The van der Waals surface area contributed by atoms with Gasteiger partial charge in [-0.1, -0.05) is 0 Å². The average Bonchev–Trinajstić information content (AvgIpc) is 2.75. The molecule has 0 aliphatic heterocycles. The van der Waals surface area contributed by atoms with Gasteiger partial charge in [0.05, 0.1) is 19.1 Å². The zero-order chi connectivity index (χ0) is 14.0. The number of hydrogen-bond donors (Lipinski definition) is 0. The molecule has 0 N–H and O–H groups in total. The number of imidazole rings is 1. The summed E-state index contributed by atoms with van der Waals surface area (Å²) in [6.45, 7) is 0.755. The van der Waals surface area contributed by atoms with Gasteiger partial charge in [0, 0.05) is 23.5 Å². The van der Waals surface area contributed by atoms with Crippen molar-refractivity contribution < 1.29 is 17.9 Å². The molecule has 7 heteroatoms. The van der Waals surface area contributed by atoms with E-state index in [0.717, 1.165) is 16.5 Å². The third kappa shape index (κ3) is 3.24. The first-order valence-corrected chi connectivity index (χ1v) is 5.48. The summed E-state index contributed by atoms with van der Waals surface area (Å²) >= 11 is 0. The van der Waals surface area contributed by atoms with Crippen LogP contribution in [0.2, 0.25) is 0 Å². The predicted octanol–water partition coefficient (Wildman–Crippen LogP) is 2.82. The molecule has 0 spiro atoms. The summed E-state index contributed by atoms with van der Waals surface area (Å²) in [5.41, 5.74) is 1.90. The predicted molar refractivity (Wildman–Crippen MR) is 62.8 cm³/mol. The van der Waals surface area contributed by atoms with Crippen LogP contribution < -0.4 is 4.74 Å². The lowest BCUT2D eigenvalue weighted by Gasteiger charge is -2.06. The number of aryl methyl sites for hydroxylation is 1. The fraction of sp³-hybridized carbons (Fsp3) is 0.333. The Morgan fingerprint density at radius 1 is 1.32 bits per heavy atom. The van der Waals surface area contributed by atoms with E-state index >= 15 is 0 Å². The van der Waals surface area contributed by atoms with Gasteiger partial charge in [0.2, 0.25) is 5.88 Å². The Morgan fingerprint density at radius 2 is 2.05 bits per heavy atom.